The number of amides is 5. The van der Waals surface area contributed by atoms with Crippen LogP contribution < -0.4 is 15.6 Å². The van der Waals surface area contributed by atoms with Crippen LogP contribution in [-0.4, -0.2) is 90.1 Å². The first kappa shape index (κ1) is 25.7. The third-order valence-corrected chi connectivity index (χ3v) is 5.83. The largest absolute Gasteiger partial charge is 0.378 e. The number of aldehydes is 1. The second-order valence-corrected chi connectivity index (χ2v) is 8.75. The molecule has 2 saturated heterocycles. The number of nitrogens with one attached hydrogen (secondary N) is 2. The van der Waals surface area contributed by atoms with Gasteiger partial charge in [-0.05, 0) is 38.0 Å². The van der Waals surface area contributed by atoms with E-state index in [2.05, 4.69) is 10.7 Å². The average Bonchev–Trinajstić information content (AvgIpc) is 2.95. The van der Waals surface area contributed by atoms with Crippen LogP contribution in [0.25, 0.3) is 0 Å². The summed E-state index contributed by atoms with van der Waals surface area (Å²) in [5, 5.41) is 5.77. The van der Waals surface area contributed by atoms with Crippen molar-refractivity contribution in [2.45, 2.75) is 44.7 Å². The summed E-state index contributed by atoms with van der Waals surface area (Å²) in [7, 11) is 3.67. The Labute approximate surface area is 203 Å². The molecule has 0 bridgehead atoms. The Bertz CT molecular complexity index is 1030. The van der Waals surface area contributed by atoms with Crippen LogP contribution in [0.5, 0.6) is 0 Å². The summed E-state index contributed by atoms with van der Waals surface area (Å²) in [6.45, 7) is 1.47. The van der Waals surface area contributed by atoms with Crippen LogP contribution in [0.3, 0.4) is 0 Å². The van der Waals surface area contributed by atoms with E-state index in [4.69, 9.17) is 0 Å². The van der Waals surface area contributed by atoms with E-state index in [9.17, 15) is 28.8 Å². The highest BCUT2D eigenvalue weighted by molar-refractivity contribution is 5.97. The molecular formula is C23H30N6O6. The van der Waals surface area contributed by atoms with Crippen LogP contribution in [0.1, 0.15) is 43.0 Å². The molecule has 0 spiro atoms. The second kappa shape index (κ2) is 11.0. The van der Waals surface area contributed by atoms with Gasteiger partial charge in [0.2, 0.25) is 11.8 Å². The fraction of sp³-hybridized carbons (Fsp3) is 0.478. The Morgan fingerprint density at radius 3 is 2.60 bits per heavy atom. The minimum Gasteiger partial charge on any atom is -0.378 e. The number of Topliss-reactive ketones (excluding diaryl/α,β-unsaturated/α-hetero) is 1. The third-order valence-electron chi connectivity index (χ3n) is 5.83. The number of hydrazine groups is 2. The van der Waals surface area contributed by atoms with Crippen molar-refractivity contribution in [1.82, 2.24) is 25.8 Å². The first-order valence-electron chi connectivity index (χ1n) is 11.4. The predicted octanol–water partition coefficient (Wildman–Crippen LogP) is 0.0939. The number of carbonyl (C=O) groups excluding carboxylic acids is 6. The minimum absolute atomic E-state index is 0.0457. The van der Waals surface area contributed by atoms with E-state index < -0.39 is 29.9 Å². The lowest BCUT2D eigenvalue weighted by Crippen LogP contribution is -2.64. The van der Waals surface area contributed by atoms with Gasteiger partial charge in [-0.15, -0.1) is 0 Å². The second-order valence-electron chi connectivity index (χ2n) is 8.75. The SMILES string of the molecule is CC(=O)CC(C=O)NC(=O)C1CCCN2C(=O)CCN(NC(=O)c3cccc(N(C)C)c3)C(=O)N12. The van der Waals surface area contributed by atoms with Crippen LogP contribution in [0.15, 0.2) is 24.3 Å². The monoisotopic (exact) mass is 486 g/mol. The van der Waals surface area contributed by atoms with Crippen molar-refractivity contribution in [2.24, 2.45) is 0 Å². The highest BCUT2D eigenvalue weighted by atomic mass is 16.2. The molecule has 1 aromatic rings. The zero-order valence-corrected chi connectivity index (χ0v) is 20.0. The molecule has 2 heterocycles. The van der Waals surface area contributed by atoms with Gasteiger partial charge in [-0.2, -0.15) is 0 Å². The number of hydrogen-bond donors (Lipinski definition) is 2. The molecule has 2 atom stereocenters. The molecule has 2 aliphatic rings. The Kier molecular flexibility index (Phi) is 8.05. The van der Waals surface area contributed by atoms with Crippen LogP contribution in [0.4, 0.5) is 10.5 Å². The standard InChI is InChI=1S/C23H30N6O6/c1-15(31)12-17(14-30)24-22(34)19-8-5-10-28-20(32)9-11-27(23(35)29(19)28)25-21(33)16-6-4-7-18(13-16)26(2)3/h4,6-7,13-14,17,19H,5,8-12H2,1-3H3,(H,24,34)(H,25,33). The van der Waals surface area contributed by atoms with Crippen molar-refractivity contribution in [3.63, 3.8) is 0 Å². The summed E-state index contributed by atoms with van der Waals surface area (Å²) in [4.78, 5) is 76.6. The van der Waals surface area contributed by atoms with Crippen molar-refractivity contribution in [1.29, 1.82) is 0 Å². The molecule has 1 aromatic carbocycles. The van der Waals surface area contributed by atoms with E-state index in [1.165, 1.54) is 11.9 Å². The average molecular weight is 487 g/mol. The van der Waals surface area contributed by atoms with Crippen molar-refractivity contribution < 1.29 is 28.8 Å². The number of nitrogens with zero attached hydrogens (tertiary/aromatic N) is 4. The number of urea groups is 1. The smallest absolute Gasteiger partial charge is 0.358 e. The number of anilines is 1. The summed E-state index contributed by atoms with van der Waals surface area (Å²) >= 11 is 0. The fourth-order valence-electron chi connectivity index (χ4n) is 4.05. The first-order chi connectivity index (χ1) is 16.6. The van der Waals surface area contributed by atoms with Crippen molar-refractivity contribution in [2.75, 3.05) is 32.1 Å². The van der Waals surface area contributed by atoms with E-state index in [1.54, 1.807) is 18.2 Å². The maximum Gasteiger partial charge on any atom is 0.358 e. The predicted molar refractivity (Wildman–Crippen MR) is 125 cm³/mol. The normalized spacial score (nSPS) is 18.8. The molecule has 188 valence electrons. The van der Waals surface area contributed by atoms with Gasteiger partial charge in [0.1, 0.15) is 18.1 Å². The number of fused-ring (bicyclic) bond motifs is 1. The lowest BCUT2D eigenvalue weighted by molar-refractivity contribution is -0.155. The van der Waals surface area contributed by atoms with Crippen molar-refractivity contribution in [3.8, 4) is 0 Å². The Hall–Kier alpha value is -3.96. The fourth-order valence-corrected chi connectivity index (χ4v) is 4.05. The summed E-state index contributed by atoms with van der Waals surface area (Å²) in [5.41, 5.74) is 3.67. The summed E-state index contributed by atoms with van der Waals surface area (Å²) in [6, 6.07) is 3.98. The van der Waals surface area contributed by atoms with Gasteiger partial charge in [0.05, 0.1) is 12.6 Å². The molecule has 5 amide bonds. The van der Waals surface area contributed by atoms with Crippen molar-refractivity contribution >= 4 is 41.5 Å². The maximum atomic E-state index is 13.4. The molecule has 2 aliphatic heterocycles. The zero-order chi connectivity index (χ0) is 25.7. The highest BCUT2D eigenvalue weighted by Gasteiger charge is 2.44. The number of benzene rings is 1. The van der Waals surface area contributed by atoms with Gasteiger partial charge < -0.3 is 15.0 Å². The number of carbonyl (C=O) groups is 6. The molecule has 0 aromatic heterocycles. The van der Waals surface area contributed by atoms with Gasteiger partial charge in [-0.25, -0.2) is 19.8 Å². The zero-order valence-electron chi connectivity index (χ0n) is 20.0. The van der Waals surface area contributed by atoms with E-state index in [-0.39, 0.29) is 44.0 Å². The number of rotatable bonds is 8. The quantitative estimate of drug-likeness (QED) is 0.497. The molecule has 0 aliphatic carbocycles. The van der Waals surface area contributed by atoms with Crippen LogP contribution in [0, 0.1) is 0 Å². The molecule has 3 rings (SSSR count). The molecule has 2 N–H and O–H groups in total. The van der Waals surface area contributed by atoms with E-state index in [0.29, 0.717) is 18.3 Å². The summed E-state index contributed by atoms with van der Waals surface area (Å²) < 4.78 is 0. The molecule has 2 unspecified atom stereocenters. The van der Waals surface area contributed by atoms with Gasteiger partial charge in [0.15, 0.2) is 0 Å². The highest BCUT2D eigenvalue weighted by Crippen LogP contribution is 2.24. The molecule has 0 saturated carbocycles. The van der Waals surface area contributed by atoms with E-state index in [0.717, 1.165) is 15.7 Å². The molecular weight excluding hydrogens is 456 g/mol. The Morgan fingerprint density at radius 1 is 1.20 bits per heavy atom. The number of hydrogen-bond acceptors (Lipinski definition) is 7. The minimum atomic E-state index is -1.08. The van der Waals surface area contributed by atoms with E-state index in [1.807, 2.05) is 25.1 Å². The van der Waals surface area contributed by atoms with Gasteiger partial charge >= 0.3 is 6.03 Å². The maximum absolute atomic E-state index is 13.4. The lowest BCUT2D eigenvalue weighted by atomic mass is 10.1. The van der Waals surface area contributed by atoms with Crippen LogP contribution >= 0.6 is 0 Å². The summed E-state index contributed by atoms with van der Waals surface area (Å²) in [5.74, 6) is -1.83. The third kappa shape index (κ3) is 5.94. The molecule has 12 heteroatoms. The molecule has 0 radical (unpaired) electrons. The van der Waals surface area contributed by atoms with Crippen LogP contribution in [-0.2, 0) is 19.2 Å². The summed E-state index contributed by atoms with van der Waals surface area (Å²) in [6.07, 6.45) is 0.960. The number of ketones is 1. The topological polar surface area (TPSA) is 139 Å². The Morgan fingerprint density at radius 2 is 1.94 bits per heavy atom. The lowest BCUT2D eigenvalue weighted by Gasteiger charge is -2.43. The molecule has 2 fully saturated rings. The first-order valence-corrected chi connectivity index (χ1v) is 11.4. The van der Waals surface area contributed by atoms with Gasteiger partial charge in [0, 0.05) is 44.7 Å². The Balaban J connectivity index is 1.81. The van der Waals surface area contributed by atoms with Crippen LogP contribution in [0.2, 0.25) is 0 Å². The van der Waals surface area contributed by atoms with Gasteiger partial charge in [-0.3, -0.25) is 24.6 Å². The molecule has 12 nitrogen and oxygen atoms in total. The van der Waals surface area contributed by atoms with Crippen molar-refractivity contribution in [3.05, 3.63) is 29.8 Å². The van der Waals surface area contributed by atoms with E-state index >= 15 is 0 Å². The van der Waals surface area contributed by atoms with Gasteiger partial charge in [0.25, 0.3) is 5.91 Å². The molecule has 35 heavy (non-hydrogen) atoms. The van der Waals surface area contributed by atoms with Gasteiger partial charge in [-0.1, -0.05) is 6.07 Å².